The monoisotopic (exact) mass is 210 g/mol. The van der Waals surface area contributed by atoms with Crippen molar-refractivity contribution in [3.63, 3.8) is 0 Å². The molecule has 3 nitrogen and oxygen atoms in total. The summed E-state index contributed by atoms with van der Waals surface area (Å²) in [6.45, 7) is 3.51. The van der Waals surface area contributed by atoms with Crippen LogP contribution in [-0.4, -0.2) is 25.8 Å². The van der Waals surface area contributed by atoms with Crippen LogP contribution in [0.3, 0.4) is 0 Å². The lowest BCUT2D eigenvalue weighted by atomic mass is 9.94. The number of hydrogen-bond donors (Lipinski definition) is 0. The van der Waals surface area contributed by atoms with Gasteiger partial charge in [0, 0.05) is 6.61 Å². The fraction of sp³-hybridized carbons (Fsp3) is 0.750. The molecule has 0 N–H and O–H groups in total. The maximum atomic E-state index is 11.7. The number of fused-ring (bicyclic) bond motifs is 2. The minimum Gasteiger partial charge on any atom is -0.463 e. The highest BCUT2D eigenvalue weighted by Gasteiger charge is 2.40. The molecule has 2 bridgehead atoms. The Morgan fingerprint density at radius 3 is 2.80 bits per heavy atom. The average Bonchev–Trinajstić information content (AvgIpc) is 2.85. The van der Waals surface area contributed by atoms with E-state index in [-0.39, 0.29) is 11.9 Å². The predicted octanol–water partition coefficient (Wildman–Crippen LogP) is 1.78. The molecule has 3 atom stereocenters. The number of carbonyl (C=O) groups excluding carboxylic acids is 1. The second kappa shape index (κ2) is 4.79. The molecule has 0 amide bonds. The molecular weight excluding hydrogens is 192 g/mol. The smallest absolute Gasteiger partial charge is 0.309 e. The Bertz CT molecular complexity index is 260. The van der Waals surface area contributed by atoms with E-state index in [1.54, 1.807) is 0 Å². The summed E-state index contributed by atoms with van der Waals surface area (Å²) in [6, 6.07) is 0. The highest BCUT2D eigenvalue weighted by molar-refractivity contribution is 5.74. The normalized spacial score (nSPS) is 32.2. The molecule has 3 heteroatoms. The van der Waals surface area contributed by atoms with Gasteiger partial charge < -0.3 is 9.47 Å². The molecule has 0 aromatic carbocycles. The Labute approximate surface area is 90.4 Å². The maximum absolute atomic E-state index is 11.7. The first kappa shape index (κ1) is 10.7. The van der Waals surface area contributed by atoms with Crippen molar-refractivity contribution in [2.75, 3.05) is 19.8 Å². The van der Waals surface area contributed by atoms with Gasteiger partial charge in [0.25, 0.3) is 0 Å². The zero-order chi connectivity index (χ0) is 10.7. The van der Waals surface area contributed by atoms with Gasteiger partial charge in [-0.15, -0.1) is 0 Å². The maximum Gasteiger partial charge on any atom is 0.309 e. The highest BCUT2D eigenvalue weighted by atomic mass is 16.6. The number of esters is 1. The van der Waals surface area contributed by atoms with Gasteiger partial charge in [0.2, 0.25) is 0 Å². The predicted molar refractivity (Wildman–Crippen MR) is 56.3 cm³/mol. The number of allylic oxidation sites excluding steroid dienone is 2. The second-order valence-corrected chi connectivity index (χ2v) is 4.25. The quantitative estimate of drug-likeness (QED) is 0.394. The molecular formula is C12H18O3. The van der Waals surface area contributed by atoms with Crippen LogP contribution in [0.2, 0.25) is 0 Å². The Kier molecular flexibility index (Phi) is 3.41. The second-order valence-electron chi connectivity index (χ2n) is 4.25. The molecule has 84 valence electrons. The molecule has 0 saturated heterocycles. The molecule has 0 radical (unpaired) electrons. The molecule has 0 aromatic rings. The summed E-state index contributed by atoms with van der Waals surface area (Å²) < 4.78 is 10.3. The van der Waals surface area contributed by atoms with E-state index in [1.807, 2.05) is 6.92 Å². The van der Waals surface area contributed by atoms with Crippen molar-refractivity contribution < 1.29 is 14.3 Å². The van der Waals surface area contributed by atoms with Gasteiger partial charge in [0.15, 0.2) is 0 Å². The van der Waals surface area contributed by atoms with Gasteiger partial charge in [-0.05, 0) is 31.6 Å². The van der Waals surface area contributed by atoms with Gasteiger partial charge in [0.05, 0.1) is 12.5 Å². The summed E-state index contributed by atoms with van der Waals surface area (Å²) in [6.07, 6.45) is 6.52. The van der Waals surface area contributed by atoms with E-state index in [1.165, 1.54) is 0 Å². The molecule has 1 saturated carbocycles. The zero-order valence-corrected chi connectivity index (χ0v) is 9.15. The van der Waals surface area contributed by atoms with Gasteiger partial charge >= 0.3 is 5.97 Å². The molecule has 15 heavy (non-hydrogen) atoms. The van der Waals surface area contributed by atoms with Crippen LogP contribution in [0.1, 0.15) is 19.8 Å². The summed E-state index contributed by atoms with van der Waals surface area (Å²) in [7, 11) is 0. The number of rotatable bonds is 5. The molecule has 1 fully saturated rings. The number of hydrogen-bond acceptors (Lipinski definition) is 3. The molecule has 2 aliphatic carbocycles. The Morgan fingerprint density at radius 2 is 2.20 bits per heavy atom. The van der Waals surface area contributed by atoms with Crippen LogP contribution in [0.5, 0.6) is 0 Å². The van der Waals surface area contributed by atoms with E-state index in [0.717, 1.165) is 12.8 Å². The first-order valence-corrected chi connectivity index (χ1v) is 5.74. The first-order chi connectivity index (χ1) is 7.31. The zero-order valence-electron chi connectivity index (χ0n) is 9.15. The average molecular weight is 210 g/mol. The molecule has 0 heterocycles. The van der Waals surface area contributed by atoms with E-state index in [4.69, 9.17) is 9.47 Å². The van der Waals surface area contributed by atoms with Crippen LogP contribution in [0.4, 0.5) is 0 Å². The van der Waals surface area contributed by atoms with Gasteiger partial charge in [-0.2, -0.15) is 0 Å². The minimum atomic E-state index is -0.0356. The van der Waals surface area contributed by atoms with E-state index in [0.29, 0.717) is 31.7 Å². The molecule has 0 aliphatic heterocycles. The summed E-state index contributed by atoms with van der Waals surface area (Å²) >= 11 is 0. The number of carbonyl (C=O) groups is 1. The van der Waals surface area contributed by atoms with Gasteiger partial charge in [-0.3, -0.25) is 4.79 Å². The Morgan fingerprint density at radius 1 is 1.33 bits per heavy atom. The topological polar surface area (TPSA) is 35.5 Å². The van der Waals surface area contributed by atoms with Crippen molar-refractivity contribution in [2.45, 2.75) is 19.8 Å². The minimum absolute atomic E-state index is 0.0356. The standard InChI is InChI=1S/C12H18O3/c1-2-14-5-6-15-12(13)11-8-9-3-4-10(11)7-9/h3-4,9-11H,2,5-8H2,1H3/t9-,10+,11?/m0/s1. The van der Waals surface area contributed by atoms with Crippen LogP contribution in [-0.2, 0) is 14.3 Å². The third-order valence-corrected chi connectivity index (χ3v) is 3.26. The summed E-state index contributed by atoms with van der Waals surface area (Å²) in [5.74, 6) is 1.14. The fourth-order valence-electron chi connectivity index (χ4n) is 2.50. The lowest BCUT2D eigenvalue weighted by molar-refractivity contribution is -0.150. The van der Waals surface area contributed by atoms with Gasteiger partial charge in [0.1, 0.15) is 6.61 Å². The fourth-order valence-corrected chi connectivity index (χ4v) is 2.50. The largest absolute Gasteiger partial charge is 0.463 e. The van der Waals surface area contributed by atoms with Crippen LogP contribution in [0.15, 0.2) is 12.2 Å². The van der Waals surface area contributed by atoms with Crippen molar-refractivity contribution in [1.29, 1.82) is 0 Å². The van der Waals surface area contributed by atoms with Crippen LogP contribution >= 0.6 is 0 Å². The number of ether oxygens (including phenoxy) is 2. The lowest BCUT2D eigenvalue weighted by Gasteiger charge is -2.16. The molecule has 0 spiro atoms. The Balaban J connectivity index is 1.70. The molecule has 2 aliphatic rings. The van der Waals surface area contributed by atoms with E-state index < -0.39 is 0 Å². The van der Waals surface area contributed by atoms with Gasteiger partial charge in [-0.25, -0.2) is 0 Å². The van der Waals surface area contributed by atoms with Crippen LogP contribution < -0.4 is 0 Å². The van der Waals surface area contributed by atoms with E-state index in [9.17, 15) is 4.79 Å². The summed E-state index contributed by atoms with van der Waals surface area (Å²) in [5.41, 5.74) is 0. The first-order valence-electron chi connectivity index (χ1n) is 5.74. The SMILES string of the molecule is CCOCCOC(=O)C1C[C@H]2C=C[C@@H]1C2. The van der Waals surface area contributed by atoms with Crippen molar-refractivity contribution >= 4 is 5.97 Å². The highest BCUT2D eigenvalue weighted by Crippen LogP contribution is 2.43. The summed E-state index contributed by atoms with van der Waals surface area (Å²) in [4.78, 5) is 11.7. The van der Waals surface area contributed by atoms with Crippen molar-refractivity contribution in [1.82, 2.24) is 0 Å². The van der Waals surface area contributed by atoms with Crippen molar-refractivity contribution in [3.8, 4) is 0 Å². The van der Waals surface area contributed by atoms with Gasteiger partial charge in [-0.1, -0.05) is 12.2 Å². The summed E-state index contributed by atoms with van der Waals surface area (Å²) in [5, 5.41) is 0. The third kappa shape index (κ3) is 2.40. The van der Waals surface area contributed by atoms with E-state index in [2.05, 4.69) is 12.2 Å². The Hall–Kier alpha value is -0.830. The van der Waals surface area contributed by atoms with E-state index >= 15 is 0 Å². The lowest BCUT2D eigenvalue weighted by Crippen LogP contribution is -2.23. The van der Waals surface area contributed by atoms with Crippen LogP contribution in [0, 0.1) is 17.8 Å². The van der Waals surface area contributed by atoms with Crippen molar-refractivity contribution in [3.05, 3.63) is 12.2 Å². The van der Waals surface area contributed by atoms with Crippen LogP contribution in [0.25, 0.3) is 0 Å². The molecule has 1 unspecified atom stereocenters. The molecule has 2 rings (SSSR count). The molecule has 0 aromatic heterocycles. The third-order valence-electron chi connectivity index (χ3n) is 3.26. The van der Waals surface area contributed by atoms with Crippen molar-refractivity contribution in [2.24, 2.45) is 17.8 Å².